The van der Waals surface area contributed by atoms with Crippen LogP contribution in [-0.4, -0.2) is 29.6 Å². The number of carbonyl (C=O) groups excluding carboxylic acids is 2. The zero-order chi connectivity index (χ0) is 14.5. The predicted octanol–water partition coefficient (Wildman–Crippen LogP) is 2.89. The van der Waals surface area contributed by atoms with Gasteiger partial charge in [-0.2, -0.15) is 0 Å². The van der Waals surface area contributed by atoms with E-state index in [0.29, 0.717) is 12.0 Å². The van der Waals surface area contributed by atoms with Crippen LogP contribution in [0.5, 0.6) is 0 Å². The molecule has 0 N–H and O–H groups in total. The minimum absolute atomic E-state index is 0.170. The Hall–Kier alpha value is -0.590. The van der Waals surface area contributed by atoms with E-state index in [4.69, 9.17) is 9.47 Å². The number of hydrogen-bond donors (Lipinski definition) is 0. The molecule has 4 nitrogen and oxygen atoms in total. The smallest absolute Gasteiger partial charge is 0.327 e. The van der Waals surface area contributed by atoms with Crippen LogP contribution in [0.25, 0.3) is 0 Å². The molecule has 0 radical (unpaired) electrons. The Kier molecular flexibility index (Phi) is 6.29. The van der Waals surface area contributed by atoms with Crippen molar-refractivity contribution in [2.45, 2.75) is 33.1 Å². The van der Waals surface area contributed by atoms with Crippen molar-refractivity contribution < 1.29 is 19.1 Å². The van der Waals surface area contributed by atoms with Crippen LogP contribution in [0.3, 0.4) is 0 Å². The van der Waals surface area contributed by atoms with Crippen molar-refractivity contribution in [1.29, 1.82) is 0 Å². The highest BCUT2D eigenvalue weighted by atomic mass is 127. The lowest BCUT2D eigenvalue weighted by Gasteiger charge is -2.38. The van der Waals surface area contributed by atoms with Gasteiger partial charge < -0.3 is 9.47 Å². The molecule has 108 valence electrons. The van der Waals surface area contributed by atoms with Gasteiger partial charge >= 0.3 is 11.9 Å². The molecule has 0 bridgehead atoms. The van der Waals surface area contributed by atoms with Crippen molar-refractivity contribution in [2.24, 2.45) is 11.3 Å². The SMILES string of the molecule is C=C1C(CI)CCCC1(C(=O)OCC)C(=O)OCC. The molecule has 0 heterocycles. The van der Waals surface area contributed by atoms with E-state index in [0.717, 1.165) is 17.3 Å². The summed E-state index contributed by atoms with van der Waals surface area (Å²) >= 11 is 2.26. The zero-order valence-corrected chi connectivity index (χ0v) is 13.7. The summed E-state index contributed by atoms with van der Waals surface area (Å²) in [7, 11) is 0. The monoisotopic (exact) mass is 380 g/mol. The number of rotatable bonds is 5. The first kappa shape index (κ1) is 16.5. The Bertz CT molecular complexity index is 346. The molecule has 0 amide bonds. The first-order valence-corrected chi connectivity index (χ1v) is 8.16. The van der Waals surface area contributed by atoms with Crippen LogP contribution in [0.4, 0.5) is 0 Å². The van der Waals surface area contributed by atoms with Gasteiger partial charge in [0, 0.05) is 4.43 Å². The highest BCUT2D eigenvalue weighted by molar-refractivity contribution is 14.1. The van der Waals surface area contributed by atoms with Crippen molar-refractivity contribution >= 4 is 34.5 Å². The highest BCUT2D eigenvalue weighted by Crippen LogP contribution is 2.45. The van der Waals surface area contributed by atoms with E-state index in [1.165, 1.54) is 0 Å². The van der Waals surface area contributed by atoms with E-state index in [2.05, 4.69) is 29.2 Å². The average molecular weight is 380 g/mol. The molecule has 5 heteroatoms. The third kappa shape index (κ3) is 3.12. The zero-order valence-electron chi connectivity index (χ0n) is 11.5. The van der Waals surface area contributed by atoms with E-state index in [1.54, 1.807) is 13.8 Å². The molecule has 1 rings (SSSR count). The normalized spacial score (nSPS) is 21.8. The lowest BCUT2D eigenvalue weighted by Crippen LogP contribution is -2.47. The van der Waals surface area contributed by atoms with Crippen LogP contribution in [-0.2, 0) is 19.1 Å². The largest absolute Gasteiger partial charge is 0.465 e. The Morgan fingerprint density at radius 1 is 1.32 bits per heavy atom. The van der Waals surface area contributed by atoms with Gasteiger partial charge in [-0.25, -0.2) is 0 Å². The van der Waals surface area contributed by atoms with Gasteiger partial charge in [0.05, 0.1) is 13.2 Å². The van der Waals surface area contributed by atoms with E-state index in [1.807, 2.05) is 0 Å². The first-order chi connectivity index (χ1) is 9.04. The highest BCUT2D eigenvalue weighted by Gasteiger charge is 2.54. The summed E-state index contributed by atoms with van der Waals surface area (Å²) in [5.74, 6) is -0.843. The maximum absolute atomic E-state index is 12.3. The van der Waals surface area contributed by atoms with Gasteiger partial charge in [-0.15, -0.1) is 0 Å². The molecule has 1 atom stereocenters. The molecule has 0 aromatic rings. The number of carbonyl (C=O) groups is 2. The topological polar surface area (TPSA) is 52.6 Å². The second-order valence-electron chi connectivity index (χ2n) is 4.61. The Labute approximate surface area is 128 Å². The second kappa shape index (κ2) is 7.26. The van der Waals surface area contributed by atoms with E-state index >= 15 is 0 Å². The molecule has 1 aliphatic carbocycles. The fraction of sp³-hybridized carbons (Fsp3) is 0.714. The minimum atomic E-state index is -1.29. The van der Waals surface area contributed by atoms with Crippen LogP contribution in [0.2, 0.25) is 0 Å². The molecule has 0 aliphatic heterocycles. The van der Waals surface area contributed by atoms with E-state index < -0.39 is 17.4 Å². The van der Waals surface area contributed by atoms with Crippen molar-refractivity contribution in [2.75, 3.05) is 17.6 Å². The van der Waals surface area contributed by atoms with Crippen LogP contribution in [0, 0.1) is 11.3 Å². The number of ether oxygens (including phenoxy) is 2. The maximum atomic E-state index is 12.3. The van der Waals surface area contributed by atoms with Crippen molar-refractivity contribution in [3.05, 3.63) is 12.2 Å². The Morgan fingerprint density at radius 3 is 2.26 bits per heavy atom. The summed E-state index contributed by atoms with van der Waals surface area (Å²) in [5.41, 5.74) is -0.634. The molecular weight excluding hydrogens is 359 g/mol. The molecule has 1 fully saturated rings. The van der Waals surface area contributed by atoms with Crippen LogP contribution >= 0.6 is 22.6 Å². The molecule has 0 aromatic carbocycles. The van der Waals surface area contributed by atoms with Crippen molar-refractivity contribution in [3.63, 3.8) is 0 Å². The van der Waals surface area contributed by atoms with E-state index in [9.17, 15) is 9.59 Å². The van der Waals surface area contributed by atoms with Gasteiger partial charge in [-0.05, 0) is 38.2 Å². The summed E-state index contributed by atoms with van der Waals surface area (Å²) < 4.78 is 11.1. The number of halogens is 1. The third-order valence-corrected chi connectivity index (χ3v) is 4.64. The molecule has 19 heavy (non-hydrogen) atoms. The quantitative estimate of drug-likeness (QED) is 0.242. The van der Waals surface area contributed by atoms with Crippen molar-refractivity contribution in [3.8, 4) is 0 Å². The molecule has 0 saturated heterocycles. The van der Waals surface area contributed by atoms with Gasteiger partial charge in [0.25, 0.3) is 0 Å². The summed E-state index contributed by atoms with van der Waals surface area (Å²) in [6.07, 6.45) is 2.21. The van der Waals surface area contributed by atoms with Gasteiger partial charge in [-0.3, -0.25) is 9.59 Å². The molecule has 1 aliphatic rings. The Balaban J connectivity index is 3.13. The number of alkyl halides is 1. The summed E-state index contributed by atoms with van der Waals surface area (Å²) in [5, 5.41) is 0. The van der Waals surface area contributed by atoms with Gasteiger partial charge in [-0.1, -0.05) is 35.6 Å². The lowest BCUT2D eigenvalue weighted by atomic mass is 9.66. The van der Waals surface area contributed by atoms with Gasteiger partial charge in [0.2, 0.25) is 0 Å². The Morgan fingerprint density at radius 2 is 1.84 bits per heavy atom. The fourth-order valence-corrected chi connectivity index (χ4v) is 3.50. The molecule has 1 unspecified atom stereocenters. The first-order valence-electron chi connectivity index (χ1n) is 6.64. The molecule has 0 spiro atoms. The number of hydrogen-bond acceptors (Lipinski definition) is 4. The van der Waals surface area contributed by atoms with Crippen LogP contribution in [0.15, 0.2) is 12.2 Å². The predicted molar refractivity (Wildman–Crippen MR) is 81.1 cm³/mol. The summed E-state index contributed by atoms with van der Waals surface area (Å²) in [6, 6.07) is 0. The molecular formula is C14H21IO4. The molecule has 1 saturated carbocycles. The lowest BCUT2D eigenvalue weighted by molar-refractivity contribution is -0.170. The van der Waals surface area contributed by atoms with Crippen molar-refractivity contribution in [1.82, 2.24) is 0 Å². The van der Waals surface area contributed by atoms with E-state index in [-0.39, 0.29) is 19.1 Å². The van der Waals surface area contributed by atoms with Crippen LogP contribution < -0.4 is 0 Å². The van der Waals surface area contributed by atoms with Gasteiger partial charge in [0.1, 0.15) is 0 Å². The third-order valence-electron chi connectivity index (χ3n) is 3.58. The fourth-order valence-electron chi connectivity index (χ4n) is 2.53. The van der Waals surface area contributed by atoms with Crippen LogP contribution in [0.1, 0.15) is 33.1 Å². The average Bonchev–Trinajstić information content (AvgIpc) is 2.39. The summed E-state index contributed by atoms with van der Waals surface area (Å²) in [6.45, 7) is 7.99. The maximum Gasteiger partial charge on any atom is 0.327 e. The minimum Gasteiger partial charge on any atom is -0.465 e. The van der Waals surface area contributed by atoms with Gasteiger partial charge in [0.15, 0.2) is 5.41 Å². The molecule has 0 aromatic heterocycles. The number of esters is 2. The second-order valence-corrected chi connectivity index (χ2v) is 5.50. The summed E-state index contributed by atoms with van der Waals surface area (Å²) in [4.78, 5) is 24.6. The standard InChI is InChI=1S/C14H21IO4/c1-4-18-12(16)14(13(17)19-5-2)8-6-7-11(9-15)10(14)3/h11H,3-9H2,1-2H3.